The van der Waals surface area contributed by atoms with Gasteiger partial charge in [0, 0.05) is 32.4 Å². The number of hydrogen-bond donors (Lipinski definition) is 2. The van der Waals surface area contributed by atoms with Crippen molar-refractivity contribution < 1.29 is 9.90 Å². The Labute approximate surface area is 88.5 Å². The molecule has 0 aliphatic carbocycles. The molecule has 0 saturated carbocycles. The van der Waals surface area contributed by atoms with Crippen molar-refractivity contribution in [2.75, 3.05) is 25.5 Å². The highest BCUT2D eigenvalue weighted by Crippen LogP contribution is 2.23. The molecule has 1 aromatic heterocycles. The lowest BCUT2D eigenvalue weighted by Gasteiger charge is -2.19. The summed E-state index contributed by atoms with van der Waals surface area (Å²) in [4.78, 5) is 16.9. The van der Waals surface area contributed by atoms with Gasteiger partial charge in [-0.3, -0.25) is 4.79 Å². The van der Waals surface area contributed by atoms with E-state index in [1.165, 1.54) is 0 Å². The number of hydrogen-bond acceptors (Lipinski definition) is 4. The van der Waals surface area contributed by atoms with Crippen molar-refractivity contribution in [2.24, 2.45) is 5.73 Å². The first kappa shape index (κ1) is 11.5. The SMILES string of the molecule is CN(C)c1ncccc1C(CN)C(=O)O. The average Bonchev–Trinajstić information content (AvgIpc) is 2.18. The molecule has 0 aromatic carbocycles. The fraction of sp³-hybridized carbons (Fsp3) is 0.400. The third-order valence-electron chi connectivity index (χ3n) is 2.15. The molecule has 1 rings (SSSR count). The van der Waals surface area contributed by atoms with E-state index >= 15 is 0 Å². The van der Waals surface area contributed by atoms with Crippen LogP contribution in [0.25, 0.3) is 0 Å². The fourth-order valence-corrected chi connectivity index (χ4v) is 1.42. The van der Waals surface area contributed by atoms with Gasteiger partial charge in [0.15, 0.2) is 0 Å². The van der Waals surface area contributed by atoms with Gasteiger partial charge in [-0.2, -0.15) is 0 Å². The van der Waals surface area contributed by atoms with Gasteiger partial charge < -0.3 is 15.7 Å². The molecule has 15 heavy (non-hydrogen) atoms. The van der Waals surface area contributed by atoms with Gasteiger partial charge in [0.05, 0.1) is 5.92 Å². The molecule has 0 amide bonds. The van der Waals surface area contributed by atoms with Gasteiger partial charge >= 0.3 is 5.97 Å². The van der Waals surface area contributed by atoms with Gasteiger partial charge in [-0.15, -0.1) is 0 Å². The van der Waals surface area contributed by atoms with E-state index < -0.39 is 11.9 Å². The largest absolute Gasteiger partial charge is 0.481 e. The molecule has 0 fully saturated rings. The standard InChI is InChI=1S/C10H15N3O2/c1-13(2)9-7(4-3-5-12-9)8(6-11)10(14)15/h3-5,8H,6,11H2,1-2H3,(H,14,15). The van der Waals surface area contributed by atoms with Crippen molar-refractivity contribution in [3.05, 3.63) is 23.9 Å². The number of nitrogens with two attached hydrogens (primary N) is 1. The molecule has 5 nitrogen and oxygen atoms in total. The Bertz CT molecular complexity index is 352. The number of carbonyl (C=O) groups is 1. The first-order valence-corrected chi connectivity index (χ1v) is 4.63. The predicted octanol–water partition coefficient (Wildman–Crippen LogP) is 0.274. The Balaban J connectivity index is 3.16. The number of aromatic nitrogens is 1. The Morgan fingerprint density at radius 3 is 2.80 bits per heavy atom. The van der Waals surface area contributed by atoms with E-state index in [-0.39, 0.29) is 6.54 Å². The second-order valence-corrected chi connectivity index (χ2v) is 3.44. The second-order valence-electron chi connectivity index (χ2n) is 3.44. The van der Waals surface area contributed by atoms with Crippen molar-refractivity contribution in [3.8, 4) is 0 Å². The molecule has 0 aliphatic heterocycles. The third-order valence-corrected chi connectivity index (χ3v) is 2.15. The van der Waals surface area contributed by atoms with Crippen LogP contribution in [0.3, 0.4) is 0 Å². The summed E-state index contributed by atoms with van der Waals surface area (Å²) in [6, 6.07) is 3.46. The van der Waals surface area contributed by atoms with Crippen LogP contribution in [0.5, 0.6) is 0 Å². The number of carboxylic acids is 1. The summed E-state index contributed by atoms with van der Waals surface area (Å²) in [7, 11) is 3.64. The van der Waals surface area contributed by atoms with Crippen molar-refractivity contribution in [1.82, 2.24) is 4.98 Å². The van der Waals surface area contributed by atoms with E-state index in [9.17, 15) is 4.79 Å². The number of rotatable bonds is 4. The van der Waals surface area contributed by atoms with Crippen LogP contribution in [0.1, 0.15) is 11.5 Å². The molecule has 1 heterocycles. The van der Waals surface area contributed by atoms with Crippen LogP contribution in [0, 0.1) is 0 Å². The van der Waals surface area contributed by atoms with Gasteiger partial charge in [-0.25, -0.2) is 4.98 Å². The van der Waals surface area contributed by atoms with Crippen molar-refractivity contribution >= 4 is 11.8 Å². The summed E-state index contributed by atoms with van der Waals surface area (Å²) in [6.45, 7) is 0.0713. The first-order chi connectivity index (χ1) is 7.07. The lowest BCUT2D eigenvalue weighted by molar-refractivity contribution is -0.138. The molecular weight excluding hydrogens is 194 g/mol. The lowest BCUT2D eigenvalue weighted by Crippen LogP contribution is -2.24. The molecule has 0 bridgehead atoms. The average molecular weight is 209 g/mol. The number of pyridine rings is 1. The molecule has 0 spiro atoms. The normalized spacial score (nSPS) is 12.2. The molecule has 1 aromatic rings. The molecule has 3 N–H and O–H groups in total. The number of carboxylic acid groups (broad SMARTS) is 1. The maximum Gasteiger partial charge on any atom is 0.312 e. The zero-order valence-corrected chi connectivity index (χ0v) is 8.84. The fourth-order valence-electron chi connectivity index (χ4n) is 1.42. The summed E-state index contributed by atoms with van der Waals surface area (Å²) in [5, 5.41) is 9.01. The van der Waals surface area contributed by atoms with Crippen LogP contribution >= 0.6 is 0 Å². The Morgan fingerprint density at radius 1 is 1.67 bits per heavy atom. The second kappa shape index (κ2) is 4.75. The van der Waals surface area contributed by atoms with Gasteiger partial charge in [0.1, 0.15) is 5.82 Å². The van der Waals surface area contributed by atoms with Crippen molar-refractivity contribution in [3.63, 3.8) is 0 Å². The van der Waals surface area contributed by atoms with Crippen LogP contribution in [0.4, 0.5) is 5.82 Å². The monoisotopic (exact) mass is 209 g/mol. The van der Waals surface area contributed by atoms with Gasteiger partial charge in [-0.05, 0) is 6.07 Å². The molecule has 5 heteroatoms. The summed E-state index contributed by atoms with van der Waals surface area (Å²) >= 11 is 0. The minimum Gasteiger partial charge on any atom is -0.481 e. The number of nitrogens with zero attached hydrogens (tertiary/aromatic N) is 2. The maximum atomic E-state index is 11.0. The van der Waals surface area contributed by atoms with Gasteiger partial charge in [0.2, 0.25) is 0 Å². The minimum absolute atomic E-state index is 0.0713. The zero-order valence-electron chi connectivity index (χ0n) is 8.84. The van der Waals surface area contributed by atoms with E-state index in [1.54, 1.807) is 23.2 Å². The minimum atomic E-state index is -0.923. The third kappa shape index (κ3) is 2.44. The predicted molar refractivity (Wildman–Crippen MR) is 58.0 cm³/mol. The van der Waals surface area contributed by atoms with Crippen LogP contribution in [0.15, 0.2) is 18.3 Å². The summed E-state index contributed by atoms with van der Waals surface area (Å²) in [5.41, 5.74) is 6.10. The van der Waals surface area contributed by atoms with Crippen molar-refractivity contribution in [2.45, 2.75) is 5.92 Å². The molecule has 0 radical (unpaired) electrons. The highest BCUT2D eigenvalue weighted by molar-refractivity contribution is 5.78. The topological polar surface area (TPSA) is 79.5 Å². The van der Waals surface area contributed by atoms with E-state index in [0.717, 1.165) is 0 Å². The molecule has 1 atom stereocenters. The molecule has 1 unspecified atom stereocenters. The van der Waals surface area contributed by atoms with Crippen LogP contribution < -0.4 is 10.6 Å². The summed E-state index contributed by atoms with van der Waals surface area (Å²) < 4.78 is 0. The van der Waals surface area contributed by atoms with Crippen LogP contribution in [-0.2, 0) is 4.79 Å². The Kier molecular flexibility index (Phi) is 3.62. The highest BCUT2D eigenvalue weighted by atomic mass is 16.4. The van der Waals surface area contributed by atoms with Gasteiger partial charge in [0.25, 0.3) is 0 Å². The Morgan fingerprint density at radius 2 is 2.33 bits per heavy atom. The van der Waals surface area contributed by atoms with Gasteiger partial charge in [-0.1, -0.05) is 6.07 Å². The van der Waals surface area contributed by atoms with E-state index in [1.807, 2.05) is 14.1 Å². The van der Waals surface area contributed by atoms with Crippen LogP contribution in [-0.4, -0.2) is 36.7 Å². The van der Waals surface area contributed by atoms with Crippen molar-refractivity contribution in [1.29, 1.82) is 0 Å². The van der Waals surface area contributed by atoms with E-state index in [4.69, 9.17) is 10.8 Å². The lowest BCUT2D eigenvalue weighted by atomic mass is 10.00. The molecular formula is C10H15N3O2. The van der Waals surface area contributed by atoms with Crippen LogP contribution in [0.2, 0.25) is 0 Å². The van der Waals surface area contributed by atoms with E-state index in [0.29, 0.717) is 11.4 Å². The van der Waals surface area contributed by atoms with E-state index in [2.05, 4.69) is 4.98 Å². The molecule has 0 aliphatic rings. The highest BCUT2D eigenvalue weighted by Gasteiger charge is 2.22. The zero-order chi connectivity index (χ0) is 11.4. The first-order valence-electron chi connectivity index (χ1n) is 4.63. The number of aliphatic carboxylic acids is 1. The molecule has 82 valence electrons. The summed E-state index contributed by atoms with van der Waals surface area (Å²) in [6.07, 6.45) is 1.63. The number of anilines is 1. The Hall–Kier alpha value is -1.62. The summed E-state index contributed by atoms with van der Waals surface area (Å²) in [5.74, 6) is -0.972. The molecule has 0 saturated heterocycles. The quantitative estimate of drug-likeness (QED) is 0.744. The maximum absolute atomic E-state index is 11.0. The smallest absolute Gasteiger partial charge is 0.312 e.